The third kappa shape index (κ3) is 2.24. The number of hydrogen-bond acceptors (Lipinski definition) is 6. The van der Waals surface area contributed by atoms with Crippen LogP contribution in [0.25, 0.3) is 11.2 Å². The van der Waals surface area contributed by atoms with E-state index in [1.54, 1.807) is 6.07 Å². The number of hydrogen-bond donors (Lipinski definition) is 1. The second-order valence-electron chi connectivity index (χ2n) is 4.96. The van der Waals surface area contributed by atoms with Crippen molar-refractivity contribution in [3.8, 4) is 6.07 Å². The van der Waals surface area contributed by atoms with Crippen LogP contribution in [-0.4, -0.2) is 30.2 Å². The Bertz CT molecular complexity index is 940. The maximum absolute atomic E-state index is 12.2. The van der Waals surface area contributed by atoms with Crippen LogP contribution < -0.4 is 11.2 Å². The molecule has 2 rings (SSSR count). The molecule has 114 valence electrons. The molecule has 0 bridgehead atoms. The molecule has 0 fully saturated rings. The third-order valence-electron chi connectivity index (χ3n) is 3.43. The van der Waals surface area contributed by atoms with Gasteiger partial charge in [-0.15, -0.1) is 0 Å². The van der Waals surface area contributed by atoms with E-state index in [1.165, 1.54) is 36.5 Å². The van der Waals surface area contributed by atoms with Crippen molar-refractivity contribution in [2.24, 2.45) is 20.0 Å². The molecule has 2 heterocycles. The van der Waals surface area contributed by atoms with Gasteiger partial charge in [0.15, 0.2) is 16.9 Å². The largest absolute Gasteiger partial charge is 0.332 e. The highest BCUT2D eigenvalue weighted by Gasteiger charge is 2.22. The number of Topliss-reactive ketones (excluding diaryl/α,β-unsaturated/α-hetero) is 1. The molecule has 0 aliphatic carbocycles. The molecule has 0 aliphatic heterocycles. The van der Waals surface area contributed by atoms with Crippen molar-refractivity contribution in [2.75, 3.05) is 0 Å². The zero-order valence-electron chi connectivity index (χ0n) is 12.3. The minimum atomic E-state index is -1.16. The number of nitriles is 1. The minimum absolute atomic E-state index is 0.0581. The molecule has 1 N–H and O–H groups in total. The van der Waals surface area contributed by atoms with Gasteiger partial charge in [-0.2, -0.15) is 5.26 Å². The van der Waals surface area contributed by atoms with Gasteiger partial charge in [0.1, 0.15) is 5.92 Å². The SMILES string of the molecule is CC(=N)C(C#N)C(=O)Cn1cnc2c1c(=O)n(C)c(=O)n2C. The molecule has 0 amide bonds. The van der Waals surface area contributed by atoms with E-state index < -0.39 is 23.0 Å². The monoisotopic (exact) mass is 302 g/mol. The number of fused-ring (bicyclic) bond motifs is 1. The van der Waals surface area contributed by atoms with Crippen molar-refractivity contribution < 1.29 is 4.79 Å². The first kappa shape index (κ1) is 15.4. The lowest BCUT2D eigenvalue weighted by atomic mass is 10.0. The fourth-order valence-corrected chi connectivity index (χ4v) is 2.19. The number of imidazole rings is 1. The van der Waals surface area contributed by atoms with E-state index in [-0.39, 0.29) is 23.4 Å². The zero-order chi connectivity index (χ0) is 16.6. The topological polar surface area (TPSA) is 127 Å². The minimum Gasteiger partial charge on any atom is -0.317 e. The lowest BCUT2D eigenvalue weighted by molar-refractivity contribution is -0.120. The highest BCUT2D eigenvalue weighted by atomic mass is 16.2. The Morgan fingerprint density at radius 1 is 1.41 bits per heavy atom. The van der Waals surface area contributed by atoms with Crippen molar-refractivity contribution in [3.63, 3.8) is 0 Å². The molecule has 9 nitrogen and oxygen atoms in total. The molecule has 9 heteroatoms. The average Bonchev–Trinajstić information content (AvgIpc) is 2.87. The van der Waals surface area contributed by atoms with Gasteiger partial charge in [-0.25, -0.2) is 9.78 Å². The second kappa shape index (κ2) is 5.40. The summed E-state index contributed by atoms with van der Waals surface area (Å²) >= 11 is 0. The lowest BCUT2D eigenvalue weighted by Crippen LogP contribution is -2.38. The molecular weight excluding hydrogens is 288 g/mol. The number of nitrogens with one attached hydrogen (secondary N) is 1. The van der Waals surface area contributed by atoms with Gasteiger partial charge in [-0.1, -0.05) is 0 Å². The summed E-state index contributed by atoms with van der Waals surface area (Å²) in [6.45, 7) is 1.11. The summed E-state index contributed by atoms with van der Waals surface area (Å²) in [4.78, 5) is 40.1. The van der Waals surface area contributed by atoms with E-state index in [4.69, 9.17) is 10.7 Å². The number of carbonyl (C=O) groups excluding carboxylic acids is 1. The van der Waals surface area contributed by atoms with E-state index >= 15 is 0 Å². The average molecular weight is 302 g/mol. The van der Waals surface area contributed by atoms with Gasteiger partial charge in [0.2, 0.25) is 0 Å². The molecule has 2 aromatic rings. The summed E-state index contributed by atoms with van der Waals surface area (Å²) in [7, 11) is 2.81. The number of carbonyl (C=O) groups is 1. The van der Waals surface area contributed by atoms with Crippen LogP contribution in [0.5, 0.6) is 0 Å². The van der Waals surface area contributed by atoms with Gasteiger partial charge in [0.25, 0.3) is 5.56 Å². The Balaban J connectivity index is 2.58. The van der Waals surface area contributed by atoms with Gasteiger partial charge >= 0.3 is 5.69 Å². The molecular formula is C13H14N6O3. The zero-order valence-corrected chi connectivity index (χ0v) is 12.3. The number of ketones is 1. The predicted molar refractivity (Wildman–Crippen MR) is 77.7 cm³/mol. The fourth-order valence-electron chi connectivity index (χ4n) is 2.19. The third-order valence-corrected chi connectivity index (χ3v) is 3.43. The van der Waals surface area contributed by atoms with Crippen LogP contribution in [0, 0.1) is 22.7 Å². The Morgan fingerprint density at radius 2 is 2.05 bits per heavy atom. The quantitative estimate of drug-likeness (QED) is 0.738. The maximum Gasteiger partial charge on any atom is 0.332 e. The van der Waals surface area contributed by atoms with E-state index in [0.29, 0.717) is 0 Å². The van der Waals surface area contributed by atoms with E-state index in [1.807, 2.05) is 0 Å². The first-order chi connectivity index (χ1) is 10.3. The summed E-state index contributed by atoms with van der Waals surface area (Å²) in [5.41, 5.74) is -0.863. The van der Waals surface area contributed by atoms with Gasteiger partial charge in [0.05, 0.1) is 18.9 Å². The Morgan fingerprint density at radius 3 is 2.59 bits per heavy atom. The maximum atomic E-state index is 12.2. The molecule has 2 aromatic heterocycles. The summed E-state index contributed by atoms with van der Waals surface area (Å²) < 4.78 is 3.43. The first-order valence-electron chi connectivity index (χ1n) is 6.37. The van der Waals surface area contributed by atoms with Crippen LogP contribution >= 0.6 is 0 Å². The number of aryl methyl sites for hydroxylation is 1. The Hall–Kier alpha value is -3.02. The van der Waals surface area contributed by atoms with Crippen LogP contribution in [0.15, 0.2) is 15.9 Å². The lowest BCUT2D eigenvalue weighted by Gasteiger charge is -2.08. The van der Waals surface area contributed by atoms with Gasteiger partial charge < -0.3 is 9.98 Å². The van der Waals surface area contributed by atoms with E-state index in [0.717, 1.165) is 4.57 Å². The van der Waals surface area contributed by atoms with Crippen LogP contribution in [0.4, 0.5) is 0 Å². The summed E-state index contributed by atoms with van der Waals surface area (Å²) in [5.74, 6) is -1.67. The summed E-state index contributed by atoms with van der Waals surface area (Å²) in [6, 6.07) is 1.76. The van der Waals surface area contributed by atoms with Crippen LogP contribution in [-0.2, 0) is 25.4 Å². The molecule has 0 aliphatic rings. The van der Waals surface area contributed by atoms with Crippen molar-refractivity contribution in [1.29, 1.82) is 10.7 Å². The highest BCUT2D eigenvalue weighted by Crippen LogP contribution is 2.08. The second-order valence-corrected chi connectivity index (χ2v) is 4.96. The van der Waals surface area contributed by atoms with Crippen molar-refractivity contribution >= 4 is 22.7 Å². The number of aromatic nitrogens is 4. The number of nitrogens with zero attached hydrogens (tertiary/aromatic N) is 5. The molecule has 1 atom stereocenters. The first-order valence-corrected chi connectivity index (χ1v) is 6.37. The fraction of sp³-hybridized carbons (Fsp3) is 0.385. The van der Waals surface area contributed by atoms with Crippen molar-refractivity contribution in [2.45, 2.75) is 13.5 Å². The molecule has 0 radical (unpaired) electrons. The normalized spacial score (nSPS) is 12.1. The predicted octanol–water partition coefficient (Wildman–Crippen LogP) is -0.818. The Kier molecular flexibility index (Phi) is 3.77. The van der Waals surface area contributed by atoms with Gasteiger partial charge in [-0.3, -0.25) is 18.7 Å². The van der Waals surface area contributed by atoms with Crippen LogP contribution in [0.3, 0.4) is 0 Å². The van der Waals surface area contributed by atoms with E-state index in [2.05, 4.69) is 4.98 Å². The number of rotatable bonds is 4. The van der Waals surface area contributed by atoms with Crippen molar-refractivity contribution in [1.82, 2.24) is 18.7 Å². The van der Waals surface area contributed by atoms with Crippen LogP contribution in [0.1, 0.15) is 6.92 Å². The smallest absolute Gasteiger partial charge is 0.317 e. The van der Waals surface area contributed by atoms with Gasteiger partial charge in [-0.05, 0) is 6.92 Å². The van der Waals surface area contributed by atoms with E-state index in [9.17, 15) is 14.4 Å². The highest BCUT2D eigenvalue weighted by molar-refractivity contribution is 6.05. The van der Waals surface area contributed by atoms with Gasteiger partial charge in [0, 0.05) is 19.8 Å². The molecule has 1 unspecified atom stereocenters. The summed E-state index contributed by atoms with van der Waals surface area (Å²) in [5, 5.41) is 16.4. The molecule has 0 saturated carbocycles. The molecule has 0 saturated heterocycles. The standard InChI is InChI=1S/C13H14N6O3/c1-7(15)8(4-14)9(20)5-19-6-16-11-10(19)12(21)18(3)13(22)17(11)2/h6,8,15H,5H2,1-3H3. The summed E-state index contributed by atoms with van der Waals surface area (Å²) in [6.07, 6.45) is 1.27. The molecule has 0 aromatic carbocycles. The molecule has 0 spiro atoms. The van der Waals surface area contributed by atoms with Crippen molar-refractivity contribution in [3.05, 3.63) is 27.2 Å². The van der Waals surface area contributed by atoms with Crippen LogP contribution in [0.2, 0.25) is 0 Å². The molecule has 22 heavy (non-hydrogen) atoms. The Labute approximate surface area is 124 Å².